The summed E-state index contributed by atoms with van der Waals surface area (Å²) in [5.41, 5.74) is 33.0. The molecule has 0 saturated heterocycles. The molecule has 0 atom stereocenters. The minimum absolute atomic E-state index is 0.00838. The molecule has 36 heteroatoms. The van der Waals surface area contributed by atoms with Crippen molar-refractivity contribution in [3.05, 3.63) is 108 Å². The number of nitrogens with one attached hydrogen (secondary N) is 13. The molecule has 12 amide bonds. The third-order valence-corrected chi connectivity index (χ3v) is 16.8. The van der Waals surface area contributed by atoms with Gasteiger partial charge in [-0.25, -0.2) is 9.59 Å². The van der Waals surface area contributed by atoms with Crippen LogP contribution in [0, 0.1) is 0 Å². The quantitative estimate of drug-likeness (QED) is 0.0192. The van der Waals surface area contributed by atoms with Crippen LogP contribution in [-0.4, -0.2) is 285 Å². The molecule has 25 N–H and O–H groups in total. The van der Waals surface area contributed by atoms with Crippen LogP contribution in [0.3, 0.4) is 0 Å². The maximum Gasteiger partial charge on any atom is 0.315 e. The monoisotopic (exact) mass is 1560 g/mol. The van der Waals surface area contributed by atoms with Gasteiger partial charge in [0.2, 0.25) is 47.3 Å². The molecule has 0 spiro atoms. The van der Waals surface area contributed by atoms with E-state index in [4.69, 9.17) is 62.8 Å². The molecule has 0 fully saturated rings. The summed E-state index contributed by atoms with van der Waals surface area (Å²) in [7, 11) is 0. The fraction of sp³-hybridized carbons (Fsp3) is 0.627. The smallest absolute Gasteiger partial charge is 0.315 e. The number of amides is 12. The van der Waals surface area contributed by atoms with Crippen LogP contribution in [0.2, 0.25) is 0 Å². The maximum atomic E-state index is 13.7. The highest BCUT2D eigenvalue weighted by Crippen LogP contribution is 2.37. The van der Waals surface area contributed by atoms with Crippen molar-refractivity contribution in [1.82, 2.24) is 74.0 Å². The lowest BCUT2D eigenvalue weighted by atomic mass is 9.77. The lowest BCUT2D eigenvalue weighted by Gasteiger charge is -2.37. The minimum atomic E-state index is -1.38. The number of hydrogen-bond donors (Lipinski definition) is 19. The van der Waals surface area contributed by atoms with Crippen LogP contribution in [0.1, 0.15) is 93.7 Å². The number of ether oxygens (including phenoxy) is 6. The van der Waals surface area contributed by atoms with Gasteiger partial charge in [0.15, 0.2) is 0 Å². The normalized spacial score (nSPS) is 11.5. The summed E-state index contributed by atoms with van der Waals surface area (Å²) >= 11 is 0. The van der Waals surface area contributed by atoms with E-state index >= 15 is 0 Å². The van der Waals surface area contributed by atoms with E-state index in [0.29, 0.717) is 45.4 Å². The van der Waals surface area contributed by atoms with Crippen molar-refractivity contribution >= 4 is 59.3 Å². The fourth-order valence-electron chi connectivity index (χ4n) is 11.1. The lowest BCUT2D eigenvalue weighted by molar-refractivity contribution is -0.124. The standard InChI is InChI=1S/C75H128N20O16/c76-28-39-84-65(98)22-48-106-54-73(55-107-49-23-66(99)85-40-29-77,56-108-50-24-67(100)86-41-30-78)93-71(104)90-36-12-34-82-63(96)20-46-95(45-11-10-38-92-75(60-14-4-1-5-15-60,61-16-6-2-7-17-61)62-18-8-3-9-19-62)47-21-64(97)83-35-13-37-91-72(105)94-74(57-109-51-25-68(101)87-42-31-79,58-110-52-26-69(102)88-43-32-80)59-111-53-27-70(103)89-44-33-81/h1-9,14-19,92H,10-13,20-59,76-81H2,(H,82,96)(H,83,97)(H,84,98)(H,85,99)(H,86,100)(H,87,101)(H,88,102)(H,89,103)(H2,90,93,104)(H2,91,94,105). The Hall–Kier alpha value is -8.60. The second-order valence-corrected chi connectivity index (χ2v) is 26.2. The number of nitrogens with two attached hydrogens (primary N) is 6. The summed E-state index contributed by atoms with van der Waals surface area (Å²) in [5, 5.41) is 37.3. The number of benzene rings is 3. The molecule has 0 aliphatic carbocycles. The number of carbonyl (C=O) groups excluding carboxylic acids is 10. The van der Waals surface area contributed by atoms with Crippen molar-refractivity contribution in [1.29, 1.82) is 0 Å². The van der Waals surface area contributed by atoms with Crippen molar-refractivity contribution < 1.29 is 76.4 Å². The third-order valence-electron chi connectivity index (χ3n) is 16.8. The summed E-state index contributed by atoms with van der Waals surface area (Å²) < 4.78 is 35.6. The van der Waals surface area contributed by atoms with Crippen molar-refractivity contribution in [3.8, 4) is 0 Å². The van der Waals surface area contributed by atoms with E-state index < -0.39 is 28.7 Å². The highest BCUT2D eigenvalue weighted by atomic mass is 16.5. The number of hydrogen-bond acceptors (Lipinski definition) is 24. The first kappa shape index (κ1) is 96.6. The number of unbranched alkanes of at least 4 members (excludes halogenated alkanes) is 1. The Bertz CT molecular complexity index is 2700. The van der Waals surface area contributed by atoms with Gasteiger partial charge in [0.25, 0.3) is 0 Å². The predicted octanol–water partition coefficient (Wildman–Crippen LogP) is -3.59. The van der Waals surface area contributed by atoms with E-state index in [0.717, 1.165) is 23.1 Å². The number of urea groups is 2. The van der Waals surface area contributed by atoms with E-state index in [1.807, 2.05) is 54.6 Å². The summed E-state index contributed by atoms with van der Waals surface area (Å²) in [6, 6.07) is 29.6. The molecule has 0 aliphatic heterocycles. The van der Waals surface area contributed by atoms with Gasteiger partial charge in [-0.05, 0) is 55.5 Å². The van der Waals surface area contributed by atoms with Crippen LogP contribution in [0.4, 0.5) is 9.59 Å². The highest BCUT2D eigenvalue weighted by Gasteiger charge is 2.38. The minimum Gasteiger partial charge on any atom is -0.378 e. The van der Waals surface area contributed by atoms with Crippen molar-refractivity contribution in [2.75, 3.05) is 210 Å². The molecular weight excluding hydrogens is 1440 g/mol. The Morgan fingerprint density at radius 2 is 0.523 bits per heavy atom. The molecule has 0 unspecified atom stereocenters. The number of rotatable bonds is 67. The van der Waals surface area contributed by atoms with Crippen molar-refractivity contribution in [2.24, 2.45) is 34.4 Å². The van der Waals surface area contributed by atoms with Crippen LogP contribution in [-0.2, 0) is 72.3 Å². The van der Waals surface area contributed by atoms with E-state index in [1.165, 1.54) is 0 Å². The maximum absolute atomic E-state index is 13.7. The second-order valence-electron chi connectivity index (χ2n) is 26.2. The molecular formula is C75H128N20O16. The summed E-state index contributed by atoms with van der Waals surface area (Å²) in [4.78, 5) is 131. The summed E-state index contributed by atoms with van der Waals surface area (Å²) in [5.74, 6) is -2.25. The molecule has 3 rings (SSSR count). The van der Waals surface area contributed by atoms with Gasteiger partial charge in [0.05, 0.1) is 84.8 Å². The molecule has 36 nitrogen and oxygen atoms in total. The SMILES string of the molecule is NCCNC(=O)CCOCC(COCCC(=O)NCCN)(COCCC(=O)NCCN)NC(=O)NCCCNC(=O)CCN(CCCCNC(c1ccccc1)(c1ccccc1)c1ccccc1)CCC(=O)NCCCNC(=O)NC(COCCC(=O)NCCN)(COCCC(=O)NCCN)COCCC(=O)NCCN. The first-order chi connectivity index (χ1) is 53.9. The predicted molar refractivity (Wildman–Crippen MR) is 421 cm³/mol. The highest BCUT2D eigenvalue weighted by molar-refractivity contribution is 5.79. The molecule has 624 valence electrons. The van der Waals surface area contributed by atoms with Gasteiger partial charge in [0, 0.05) is 169 Å². The summed E-state index contributed by atoms with van der Waals surface area (Å²) in [6.45, 7) is 4.24. The van der Waals surface area contributed by atoms with Gasteiger partial charge < -0.3 is 132 Å². The van der Waals surface area contributed by atoms with E-state index in [9.17, 15) is 47.9 Å². The van der Waals surface area contributed by atoms with Gasteiger partial charge in [-0.2, -0.15) is 0 Å². The average Bonchev–Trinajstić information content (AvgIpc) is 0.759. The molecule has 0 heterocycles. The molecule has 3 aromatic rings. The molecule has 111 heavy (non-hydrogen) atoms. The molecule has 0 saturated carbocycles. The Kier molecular flexibility index (Phi) is 53.1. The number of carbonyl (C=O) groups is 10. The third kappa shape index (κ3) is 44.3. The van der Waals surface area contributed by atoms with Crippen molar-refractivity contribution in [2.45, 2.75) is 93.7 Å². The van der Waals surface area contributed by atoms with Crippen LogP contribution in [0.25, 0.3) is 0 Å². The van der Waals surface area contributed by atoms with Crippen LogP contribution >= 0.6 is 0 Å². The van der Waals surface area contributed by atoms with E-state index in [1.54, 1.807) is 0 Å². The molecule has 0 radical (unpaired) electrons. The molecule has 0 aliphatic rings. The first-order valence-corrected chi connectivity index (χ1v) is 38.5. The van der Waals surface area contributed by atoms with Crippen molar-refractivity contribution in [3.63, 3.8) is 0 Å². The first-order valence-electron chi connectivity index (χ1n) is 38.5. The zero-order valence-corrected chi connectivity index (χ0v) is 64.7. The second kappa shape index (κ2) is 61.0. The topological polar surface area (TPSA) is 542 Å². The van der Waals surface area contributed by atoms with Crippen LogP contribution in [0.15, 0.2) is 91.0 Å². The Morgan fingerprint density at radius 3 is 0.784 bits per heavy atom. The van der Waals surface area contributed by atoms with E-state index in [2.05, 4.69) is 110 Å². The Labute approximate surface area is 653 Å². The zero-order valence-electron chi connectivity index (χ0n) is 64.7. The fourth-order valence-corrected chi connectivity index (χ4v) is 11.1. The van der Waals surface area contributed by atoms with E-state index in [-0.39, 0.29) is 283 Å². The van der Waals surface area contributed by atoms with Gasteiger partial charge in [0.1, 0.15) is 11.1 Å². The van der Waals surface area contributed by atoms with Crippen LogP contribution in [0.5, 0.6) is 0 Å². The average molecular weight is 1570 g/mol. The molecule has 0 aromatic heterocycles. The summed E-state index contributed by atoms with van der Waals surface area (Å²) in [6.07, 6.45) is 2.24. The Balaban J connectivity index is 1.74. The van der Waals surface area contributed by atoms with Gasteiger partial charge in [-0.1, -0.05) is 91.0 Å². The molecule has 3 aromatic carbocycles. The number of nitrogens with zero attached hydrogens (tertiary/aromatic N) is 1. The zero-order chi connectivity index (χ0) is 80.7. The largest absolute Gasteiger partial charge is 0.378 e. The lowest BCUT2D eigenvalue weighted by Crippen LogP contribution is -2.61. The van der Waals surface area contributed by atoms with Gasteiger partial charge in [-0.15, -0.1) is 0 Å². The Morgan fingerprint density at radius 1 is 0.279 bits per heavy atom. The van der Waals surface area contributed by atoms with Gasteiger partial charge in [-0.3, -0.25) is 43.7 Å². The van der Waals surface area contributed by atoms with Crippen LogP contribution < -0.4 is 104 Å². The van der Waals surface area contributed by atoms with Gasteiger partial charge >= 0.3 is 12.1 Å². The molecule has 0 bridgehead atoms.